The lowest BCUT2D eigenvalue weighted by Gasteiger charge is -2.14. The fourth-order valence-electron chi connectivity index (χ4n) is 1.73. The minimum atomic E-state index is 0.810. The molecule has 0 aliphatic heterocycles. The first kappa shape index (κ1) is 13.4. The predicted octanol–water partition coefficient (Wildman–Crippen LogP) is 2.79. The third-order valence-electron chi connectivity index (χ3n) is 2.96. The maximum atomic E-state index is 3.57. The van der Waals surface area contributed by atoms with Crippen molar-refractivity contribution in [3.63, 3.8) is 0 Å². The first-order valence-corrected chi connectivity index (χ1v) is 8.47. The normalized spacial score (nSPS) is 15.7. The molecule has 1 aliphatic carbocycles. The lowest BCUT2D eigenvalue weighted by atomic mass is 10.4. The van der Waals surface area contributed by atoms with E-state index in [1.165, 1.54) is 34.9 Å². The van der Waals surface area contributed by atoms with Crippen LogP contribution in [0.25, 0.3) is 0 Å². The molecular weight excluding hydrogens is 248 g/mol. The first-order valence-electron chi connectivity index (χ1n) is 6.26. The second-order valence-corrected chi connectivity index (χ2v) is 6.99. The molecule has 1 saturated carbocycles. The van der Waals surface area contributed by atoms with Crippen LogP contribution in [-0.2, 0) is 13.1 Å². The summed E-state index contributed by atoms with van der Waals surface area (Å²) in [6.07, 6.45) is 4.91. The van der Waals surface area contributed by atoms with Crippen molar-refractivity contribution in [2.45, 2.75) is 32.0 Å². The van der Waals surface area contributed by atoms with E-state index in [2.05, 4.69) is 35.7 Å². The largest absolute Gasteiger partial charge is 0.309 e. The van der Waals surface area contributed by atoms with Crippen molar-refractivity contribution < 1.29 is 0 Å². The van der Waals surface area contributed by atoms with Crippen LogP contribution in [0.3, 0.4) is 0 Å². The van der Waals surface area contributed by atoms with Gasteiger partial charge in [-0.1, -0.05) is 0 Å². The number of hydrogen-bond donors (Lipinski definition) is 1. The van der Waals surface area contributed by atoms with Gasteiger partial charge in [-0.3, -0.25) is 0 Å². The molecule has 0 spiro atoms. The van der Waals surface area contributed by atoms with Crippen LogP contribution in [0, 0.1) is 0 Å². The van der Waals surface area contributed by atoms with Gasteiger partial charge in [-0.25, -0.2) is 0 Å². The van der Waals surface area contributed by atoms with E-state index < -0.39 is 0 Å². The topological polar surface area (TPSA) is 15.3 Å². The Morgan fingerprint density at radius 3 is 2.88 bits per heavy atom. The van der Waals surface area contributed by atoms with Gasteiger partial charge in [-0.2, -0.15) is 11.8 Å². The van der Waals surface area contributed by atoms with Crippen molar-refractivity contribution in [2.24, 2.45) is 0 Å². The summed E-state index contributed by atoms with van der Waals surface area (Å²) < 4.78 is 0. The molecule has 0 aromatic carbocycles. The smallest absolute Gasteiger partial charge is 0.0325 e. The van der Waals surface area contributed by atoms with Gasteiger partial charge < -0.3 is 10.2 Å². The lowest BCUT2D eigenvalue weighted by Crippen LogP contribution is -2.19. The molecule has 0 unspecified atom stereocenters. The summed E-state index contributed by atoms with van der Waals surface area (Å²) in [6, 6.07) is 5.37. The van der Waals surface area contributed by atoms with Gasteiger partial charge in [-0.15, -0.1) is 11.3 Å². The van der Waals surface area contributed by atoms with E-state index in [0.29, 0.717) is 0 Å². The van der Waals surface area contributed by atoms with Crippen molar-refractivity contribution in [3.8, 4) is 0 Å². The number of nitrogens with zero attached hydrogens (tertiary/aromatic N) is 1. The zero-order valence-electron chi connectivity index (χ0n) is 10.7. The zero-order valence-corrected chi connectivity index (χ0v) is 12.4. The summed E-state index contributed by atoms with van der Waals surface area (Å²) >= 11 is 3.87. The molecule has 1 aromatic heterocycles. The molecule has 96 valence electrons. The Morgan fingerprint density at radius 1 is 1.41 bits per heavy atom. The van der Waals surface area contributed by atoms with Crippen LogP contribution in [-0.4, -0.2) is 36.5 Å². The standard InChI is InChI=1S/C13H22N2S2/c1-15(7-8-16-2)10-13-6-5-12(17-13)9-14-11-3-4-11/h5-6,11,14H,3-4,7-10H2,1-2H3. The van der Waals surface area contributed by atoms with Crippen molar-refractivity contribution in [3.05, 3.63) is 21.9 Å². The van der Waals surface area contributed by atoms with E-state index in [9.17, 15) is 0 Å². The maximum absolute atomic E-state index is 3.57. The fraction of sp³-hybridized carbons (Fsp3) is 0.692. The molecule has 2 rings (SSSR count). The van der Waals surface area contributed by atoms with Crippen molar-refractivity contribution >= 4 is 23.1 Å². The molecule has 0 bridgehead atoms. The third-order valence-corrected chi connectivity index (χ3v) is 4.62. The molecule has 0 radical (unpaired) electrons. The van der Waals surface area contributed by atoms with Crippen molar-refractivity contribution in [1.82, 2.24) is 10.2 Å². The summed E-state index contributed by atoms with van der Waals surface area (Å²) in [7, 11) is 2.21. The second kappa shape index (κ2) is 6.78. The van der Waals surface area contributed by atoms with E-state index >= 15 is 0 Å². The van der Waals surface area contributed by atoms with Gasteiger partial charge in [0.1, 0.15) is 0 Å². The van der Waals surface area contributed by atoms with Crippen LogP contribution < -0.4 is 5.32 Å². The van der Waals surface area contributed by atoms with Gasteiger partial charge in [0.2, 0.25) is 0 Å². The average Bonchev–Trinajstić information content (AvgIpc) is 3.05. The van der Waals surface area contributed by atoms with Gasteiger partial charge in [0.15, 0.2) is 0 Å². The van der Waals surface area contributed by atoms with E-state index in [1.54, 1.807) is 0 Å². The van der Waals surface area contributed by atoms with Crippen LogP contribution in [0.4, 0.5) is 0 Å². The lowest BCUT2D eigenvalue weighted by molar-refractivity contribution is 0.352. The molecule has 0 atom stereocenters. The highest BCUT2D eigenvalue weighted by atomic mass is 32.2. The van der Waals surface area contributed by atoms with Gasteiger partial charge in [0, 0.05) is 41.2 Å². The van der Waals surface area contributed by atoms with Crippen LogP contribution in [0.2, 0.25) is 0 Å². The molecule has 1 N–H and O–H groups in total. The van der Waals surface area contributed by atoms with Gasteiger partial charge >= 0.3 is 0 Å². The number of hydrogen-bond acceptors (Lipinski definition) is 4. The number of thiophene rings is 1. The van der Waals surface area contributed by atoms with E-state index in [4.69, 9.17) is 0 Å². The number of nitrogens with one attached hydrogen (secondary N) is 1. The molecule has 1 heterocycles. The molecule has 17 heavy (non-hydrogen) atoms. The highest BCUT2D eigenvalue weighted by Gasteiger charge is 2.20. The molecule has 0 amide bonds. The van der Waals surface area contributed by atoms with Crippen LogP contribution in [0.5, 0.6) is 0 Å². The maximum Gasteiger partial charge on any atom is 0.0325 e. The van der Waals surface area contributed by atoms with Crippen LogP contribution >= 0.6 is 23.1 Å². The second-order valence-electron chi connectivity index (χ2n) is 4.75. The monoisotopic (exact) mass is 270 g/mol. The predicted molar refractivity (Wildman–Crippen MR) is 78.9 cm³/mol. The van der Waals surface area contributed by atoms with Gasteiger partial charge in [-0.05, 0) is 38.3 Å². The summed E-state index contributed by atoms with van der Waals surface area (Å²) in [5.74, 6) is 1.22. The quantitative estimate of drug-likeness (QED) is 0.782. The van der Waals surface area contributed by atoms with Crippen LogP contribution in [0.1, 0.15) is 22.6 Å². The minimum Gasteiger partial charge on any atom is -0.309 e. The Balaban J connectivity index is 1.72. The Kier molecular flexibility index (Phi) is 5.35. The van der Waals surface area contributed by atoms with Crippen molar-refractivity contribution in [1.29, 1.82) is 0 Å². The molecule has 1 aliphatic rings. The summed E-state index contributed by atoms with van der Waals surface area (Å²) in [5, 5.41) is 3.57. The first-order chi connectivity index (χ1) is 8.28. The van der Waals surface area contributed by atoms with E-state index in [1.807, 2.05) is 23.1 Å². The highest BCUT2D eigenvalue weighted by molar-refractivity contribution is 7.98. The van der Waals surface area contributed by atoms with Crippen molar-refractivity contribution in [2.75, 3.05) is 25.6 Å². The highest BCUT2D eigenvalue weighted by Crippen LogP contribution is 2.22. The molecular formula is C13H22N2S2. The Hall–Kier alpha value is -0.0300. The van der Waals surface area contributed by atoms with E-state index in [0.717, 1.165) is 19.1 Å². The minimum absolute atomic E-state index is 0.810. The Labute approximate surface area is 113 Å². The Bertz CT molecular complexity index is 334. The molecule has 1 fully saturated rings. The molecule has 0 saturated heterocycles. The molecule has 2 nitrogen and oxygen atoms in total. The SMILES string of the molecule is CSCCN(C)Cc1ccc(CNC2CC2)s1. The number of rotatable bonds is 8. The summed E-state index contributed by atoms with van der Waals surface area (Å²) in [4.78, 5) is 5.37. The number of thioether (sulfide) groups is 1. The summed E-state index contributed by atoms with van der Waals surface area (Å²) in [5.41, 5.74) is 0. The van der Waals surface area contributed by atoms with E-state index in [-0.39, 0.29) is 0 Å². The van der Waals surface area contributed by atoms with Gasteiger partial charge in [0.25, 0.3) is 0 Å². The van der Waals surface area contributed by atoms with Crippen LogP contribution in [0.15, 0.2) is 12.1 Å². The zero-order chi connectivity index (χ0) is 12.1. The fourth-order valence-corrected chi connectivity index (χ4v) is 3.27. The molecule has 4 heteroatoms. The summed E-state index contributed by atoms with van der Waals surface area (Å²) in [6.45, 7) is 3.33. The molecule has 1 aromatic rings. The Morgan fingerprint density at radius 2 is 2.18 bits per heavy atom. The average molecular weight is 270 g/mol. The van der Waals surface area contributed by atoms with Gasteiger partial charge in [0.05, 0.1) is 0 Å². The third kappa shape index (κ3) is 5.00.